The minimum Gasteiger partial charge on any atom is -0.490 e. The number of carbonyl (C=O) groups excluding carboxylic acids is 1. The van der Waals surface area contributed by atoms with Gasteiger partial charge in [0, 0.05) is 11.6 Å². The SMILES string of the molecule is C=CCOc1ccc(C=C2SC(=N)N(c3nccs3)C2=O)cc1OCC. The molecule has 1 amide bonds. The van der Waals surface area contributed by atoms with Crippen LogP contribution in [0.1, 0.15) is 12.5 Å². The maximum absolute atomic E-state index is 12.6. The van der Waals surface area contributed by atoms with Crippen molar-refractivity contribution in [3.05, 3.63) is 52.9 Å². The lowest BCUT2D eigenvalue weighted by Crippen LogP contribution is -2.27. The van der Waals surface area contributed by atoms with E-state index < -0.39 is 0 Å². The molecule has 1 N–H and O–H groups in total. The molecule has 26 heavy (non-hydrogen) atoms. The lowest BCUT2D eigenvalue weighted by molar-refractivity contribution is -0.113. The zero-order valence-corrected chi connectivity index (χ0v) is 15.7. The predicted molar refractivity (Wildman–Crippen MR) is 106 cm³/mol. The predicted octanol–water partition coefficient (Wildman–Crippen LogP) is 4.16. The van der Waals surface area contributed by atoms with Crippen molar-refractivity contribution in [3.63, 3.8) is 0 Å². The van der Waals surface area contributed by atoms with Gasteiger partial charge in [0.15, 0.2) is 21.8 Å². The summed E-state index contributed by atoms with van der Waals surface area (Å²) in [6, 6.07) is 5.46. The van der Waals surface area contributed by atoms with Crippen molar-refractivity contribution in [2.75, 3.05) is 18.1 Å². The van der Waals surface area contributed by atoms with Crippen LogP contribution >= 0.6 is 23.1 Å². The van der Waals surface area contributed by atoms with Gasteiger partial charge in [0.1, 0.15) is 6.61 Å². The molecule has 0 bridgehead atoms. The monoisotopic (exact) mass is 387 g/mol. The molecule has 1 aliphatic rings. The molecule has 0 atom stereocenters. The number of aromatic nitrogens is 1. The molecule has 0 spiro atoms. The molecule has 0 unspecified atom stereocenters. The van der Waals surface area contributed by atoms with Crippen LogP contribution in [0.4, 0.5) is 5.13 Å². The summed E-state index contributed by atoms with van der Waals surface area (Å²) in [5.41, 5.74) is 0.795. The highest BCUT2D eigenvalue weighted by Crippen LogP contribution is 2.37. The van der Waals surface area contributed by atoms with Gasteiger partial charge in [-0.2, -0.15) is 0 Å². The molecule has 1 aromatic heterocycles. The Morgan fingerprint density at radius 1 is 1.35 bits per heavy atom. The van der Waals surface area contributed by atoms with Gasteiger partial charge < -0.3 is 9.47 Å². The van der Waals surface area contributed by atoms with E-state index in [-0.39, 0.29) is 11.1 Å². The van der Waals surface area contributed by atoms with E-state index in [4.69, 9.17) is 14.9 Å². The minimum absolute atomic E-state index is 0.146. The summed E-state index contributed by atoms with van der Waals surface area (Å²) in [6.07, 6.45) is 5.02. The van der Waals surface area contributed by atoms with Crippen molar-refractivity contribution >= 4 is 45.4 Å². The zero-order valence-electron chi connectivity index (χ0n) is 14.1. The number of ether oxygens (including phenoxy) is 2. The van der Waals surface area contributed by atoms with E-state index in [1.807, 2.05) is 19.1 Å². The van der Waals surface area contributed by atoms with Crippen molar-refractivity contribution in [2.45, 2.75) is 6.92 Å². The normalized spacial score (nSPS) is 15.6. The quantitative estimate of drug-likeness (QED) is 0.570. The summed E-state index contributed by atoms with van der Waals surface area (Å²) < 4.78 is 11.2. The largest absolute Gasteiger partial charge is 0.490 e. The number of rotatable bonds is 7. The molecule has 1 saturated heterocycles. The van der Waals surface area contributed by atoms with Crippen LogP contribution in [-0.2, 0) is 4.79 Å². The van der Waals surface area contributed by atoms with Crippen molar-refractivity contribution in [1.82, 2.24) is 4.98 Å². The first-order valence-corrected chi connectivity index (χ1v) is 9.56. The van der Waals surface area contributed by atoms with Gasteiger partial charge in [0.2, 0.25) is 0 Å². The van der Waals surface area contributed by atoms with Crippen LogP contribution in [0.25, 0.3) is 6.08 Å². The van der Waals surface area contributed by atoms with Crippen LogP contribution < -0.4 is 14.4 Å². The minimum atomic E-state index is -0.250. The maximum atomic E-state index is 12.6. The van der Waals surface area contributed by atoms with Crippen LogP contribution in [0.3, 0.4) is 0 Å². The van der Waals surface area contributed by atoms with Crippen LogP contribution in [0, 0.1) is 5.41 Å². The van der Waals surface area contributed by atoms with E-state index in [1.165, 1.54) is 16.2 Å². The number of nitrogens with zero attached hydrogens (tertiary/aromatic N) is 2. The van der Waals surface area contributed by atoms with Gasteiger partial charge in [-0.05, 0) is 42.5 Å². The third-order valence-corrected chi connectivity index (χ3v) is 5.00. The Labute approximate surface area is 159 Å². The van der Waals surface area contributed by atoms with Gasteiger partial charge in [-0.1, -0.05) is 18.7 Å². The molecule has 3 rings (SSSR count). The smallest absolute Gasteiger partial charge is 0.273 e. The Hall–Kier alpha value is -2.58. The van der Waals surface area contributed by atoms with Crippen LogP contribution in [0.15, 0.2) is 47.3 Å². The van der Waals surface area contributed by atoms with Gasteiger partial charge in [0.25, 0.3) is 5.91 Å². The summed E-state index contributed by atoms with van der Waals surface area (Å²) in [4.78, 5) is 18.5. The summed E-state index contributed by atoms with van der Waals surface area (Å²) in [5.74, 6) is 0.974. The van der Waals surface area contributed by atoms with E-state index in [2.05, 4.69) is 11.6 Å². The Morgan fingerprint density at radius 2 is 2.19 bits per heavy atom. The lowest BCUT2D eigenvalue weighted by atomic mass is 10.2. The Morgan fingerprint density at radius 3 is 2.88 bits per heavy atom. The lowest BCUT2D eigenvalue weighted by Gasteiger charge is -2.11. The van der Waals surface area contributed by atoms with E-state index in [1.54, 1.807) is 29.8 Å². The second kappa shape index (κ2) is 8.20. The number of amides is 1. The van der Waals surface area contributed by atoms with E-state index in [0.717, 1.165) is 17.3 Å². The van der Waals surface area contributed by atoms with Gasteiger partial charge >= 0.3 is 0 Å². The zero-order chi connectivity index (χ0) is 18.5. The average molecular weight is 387 g/mol. The molecule has 0 radical (unpaired) electrons. The highest BCUT2D eigenvalue weighted by Gasteiger charge is 2.35. The van der Waals surface area contributed by atoms with Crippen LogP contribution in [-0.4, -0.2) is 29.3 Å². The first-order chi connectivity index (χ1) is 12.6. The molecule has 1 aliphatic heterocycles. The number of nitrogens with one attached hydrogen (secondary N) is 1. The molecule has 1 aromatic carbocycles. The molecular formula is C18H17N3O3S2. The highest BCUT2D eigenvalue weighted by molar-refractivity contribution is 8.19. The summed E-state index contributed by atoms with van der Waals surface area (Å²) >= 11 is 2.44. The number of thiazole rings is 1. The second-order valence-electron chi connectivity index (χ2n) is 5.11. The number of anilines is 1. The van der Waals surface area contributed by atoms with Crippen LogP contribution in [0.5, 0.6) is 11.5 Å². The Kier molecular flexibility index (Phi) is 5.75. The maximum Gasteiger partial charge on any atom is 0.273 e. The average Bonchev–Trinajstić information content (AvgIpc) is 3.23. The standard InChI is InChI=1S/C18H17N3O3S2/c1-3-8-24-13-6-5-12(10-14(13)23-4-2)11-15-16(22)21(17(19)26-15)18-20-7-9-25-18/h3,5-7,9-11,19H,1,4,8H2,2H3. The van der Waals surface area contributed by atoms with E-state index >= 15 is 0 Å². The fourth-order valence-corrected chi connectivity index (χ4v) is 3.83. The van der Waals surface area contributed by atoms with Gasteiger partial charge in [-0.3, -0.25) is 10.2 Å². The van der Waals surface area contributed by atoms with E-state index in [0.29, 0.717) is 34.7 Å². The first-order valence-electron chi connectivity index (χ1n) is 7.86. The number of thioether (sulfide) groups is 1. The van der Waals surface area contributed by atoms with Gasteiger partial charge in [-0.25, -0.2) is 9.88 Å². The van der Waals surface area contributed by atoms with Crippen molar-refractivity contribution in [3.8, 4) is 11.5 Å². The number of hydrogen-bond donors (Lipinski definition) is 1. The molecule has 6 nitrogen and oxygen atoms in total. The summed E-state index contributed by atoms with van der Waals surface area (Å²) in [7, 11) is 0. The highest BCUT2D eigenvalue weighted by atomic mass is 32.2. The Balaban J connectivity index is 1.87. The third kappa shape index (κ3) is 3.81. The van der Waals surface area contributed by atoms with Crippen molar-refractivity contribution < 1.29 is 14.3 Å². The number of hydrogen-bond acceptors (Lipinski definition) is 7. The van der Waals surface area contributed by atoms with Crippen molar-refractivity contribution in [2.24, 2.45) is 0 Å². The molecule has 0 aliphatic carbocycles. The topological polar surface area (TPSA) is 75.5 Å². The molecule has 2 heterocycles. The van der Waals surface area contributed by atoms with Gasteiger partial charge in [-0.15, -0.1) is 11.3 Å². The Bertz CT molecular complexity index is 863. The fraction of sp³-hybridized carbons (Fsp3) is 0.167. The number of carbonyl (C=O) groups is 1. The van der Waals surface area contributed by atoms with Crippen molar-refractivity contribution in [1.29, 1.82) is 5.41 Å². The number of benzene rings is 1. The first kappa shape index (κ1) is 18.2. The third-order valence-electron chi connectivity index (χ3n) is 3.36. The van der Waals surface area contributed by atoms with E-state index in [9.17, 15) is 4.79 Å². The molecular weight excluding hydrogens is 370 g/mol. The fourth-order valence-electron chi connectivity index (χ4n) is 2.29. The molecule has 1 fully saturated rings. The summed E-state index contributed by atoms with van der Waals surface area (Å²) in [6.45, 7) is 6.42. The van der Waals surface area contributed by atoms with Gasteiger partial charge in [0.05, 0.1) is 11.5 Å². The summed E-state index contributed by atoms with van der Waals surface area (Å²) in [5, 5.41) is 10.5. The molecule has 134 valence electrons. The molecule has 8 heteroatoms. The molecule has 2 aromatic rings. The second-order valence-corrected chi connectivity index (χ2v) is 7.01. The number of amidine groups is 1. The molecule has 0 saturated carbocycles. The van der Waals surface area contributed by atoms with Crippen LogP contribution in [0.2, 0.25) is 0 Å².